The molecule has 0 bridgehead atoms. The molecule has 2 atom stereocenters. The molecule has 0 spiro atoms. The fourth-order valence-electron chi connectivity index (χ4n) is 3.65. The number of pyridine rings is 1. The van der Waals surface area contributed by atoms with Gasteiger partial charge in [0, 0.05) is 12.6 Å². The lowest BCUT2D eigenvalue weighted by atomic mass is 10.0. The van der Waals surface area contributed by atoms with E-state index in [0.717, 1.165) is 6.07 Å². The second kappa shape index (κ2) is 8.29. The van der Waals surface area contributed by atoms with Crippen LogP contribution in [0.4, 0.5) is 14.6 Å². The molecule has 32 heavy (non-hydrogen) atoms. The van der Waals surface area contributed by atoms with Crippen LogP contribution < -0.4 is 15.4 Å². The third-order valence-electron chi connectivity index (χ3n) is 5.32. The van der Waals surface area contributed by atoms with Crippen molar-refractivity contribution in [1.82, 2.24) is 24.9 Å². The van der Waals surface area contributed by atoms with Gasteiger partial charge >= 0.3 is 0 Å². The monoisotopic (exact) mass is 443 g/mol. The molecular formula is C21H23F2N7O2. The number of aliphatic hydroxyl groups is 1. The van der Waals surface area contributed by atoms with Gasteiger partial charge in [0.05, 0.1) is 24.9 Å². The van der Waals surface area contributed by atoms with E-state index in [1.165, 1.54) is 17.8 Å². The summed E-state index contributed by atoms with van der Waals surface area (Å²) in [5.41, 5.74) is -0.703. The van der Waals surface area contributed by atoms with Crippen LogP contribution >= 0.6 is 0 Å². The fraction of sp³-hybridized carbons (Fsp3) is 0.429. The molecule has 4 rings (SSSR count). The third kappa shape index (κ3) is 3.94. The van der Waals surface area contributed by atoms with Gasteiger partial charge < -0.3 is 20.5 Å². The van der Waals surface area contributed by atoms with Crippen molar-refractivity contribution < 1.29 is 18.6 Å². The third-order valence-corrected chi connectivity index (χ3v) is 5.32. The number of methoxy groups -OCH3 is 1. The maximum Gasteiger partial charge on any atom is 0.157 e. The Morgan fingerprint density at radius 3 is 2.84 bits per heavy atom. The van der Waals surface area contributed by atoms with E-state index in [2.05, 4.69) is 25.7 Å². The lowest BCUT2D eigenvalue weighted by Crippen LogP contribution is -2.46. The number of imidazole rings is 1. The summed E-state index contributed by atoms with van der Waals surface area (Å²) in [5, 5.41) is 30.3. The van der Waals surface area contributed by atoms with Gasteiger partial charge in [0.2, 0.25) is 0 Å². The zero-order chi connectivity index (χ0) is 23.0. The summed E-state index contributed by atoms with van der Waals surface area (Å²) in [6, 6.07) is 3.92. The van der Waals surface area contributed by atoms with Crippen molar-refractivity contribution in [1.29, 1.82) is 5.26 Å². The molecule has 0 amide bonds. The quantitative estimate of drug-likeness (QED) is 0.549. The van der Waals surface area contributed by atoms with E-state index in [-0.39, 0.29) is 28.5 Å². The zero-order valence-corrected chi connectivity index (χ0v) is 17.9. The summed E-state index contributed by atoms with van der Waals surface area (Å²) < 4.78 is 35.9. The van der Waals surface area contributed by atoms with Crippen molar-refractivity contribution in [3.63, 3.8) is 0 Å². The average molecular weight is 443 g/mol. The van der Waals surface area contributed by atoms with E-state index in [0.29, 0.717) is 30.9 Å². The van der Waals surface area contributed by atoms with Crippen LogP contribution in [-0.2, 0) is 5.60 Å². The van der Waals surface area contributed by atoms with Crippen LogP contribution in [0.3, 0.4) is 0 Å². The highest BCUT2D eigenvalue weighted by Gasteiger charge is 2.28. The SMILES string of the molecule is COc1cc2ncc(-c3nc(N[C@H]4CNCC[C@@H]4F)c(C#N)cc3F)n2nc1C(C)(C)O. The number of piperidine rings is 1. The average Bonchev–Trinajstić information content (AvgIpc) is 3.17. The molecule has 11 heteroatoms. The number of nitriles is 1. The minimum absolute atomic E-state index is 0.0374. The van der Waals surface area contributed by atoms with Crippen molar-refractivity contribution in [2.75, 3.05) is 25.5 Å². The molecule has 9 nitrogen and oxygen atoms in total. The van der Waals surface area contributed by atoms with Gasteiger partial charge in [0.1, 0.15) is 46.5 Å². The number of halogens is 2. The van der Waals surface area contributed by atoms with Crippen LogP contribution in [0.2, 0.25) is 0 Å². The molecule has 3 N–H and O–H groups in total. The minimum Gasteiger partial charge on any atom is -0.495 e. The second-order valence-electron chi connectivity index (χ2n) is 8.12. The van der Waals surface area contributed by atoms with Gasteiger partial charge in [0.15, 0.2) is 11.5 Å². The van der Waals surface area contributed by atoms with Crippen LogP contribution in [0.15, 0.2) is 18.3 Å². The molecule has 0 unspecified atom stereocenters. The number of hydrogen-bond acceptors (Lipinski definition) is 8. The first-order valence-corrected chi connectivity index (χ1v) is 10.1. The first-order chi connectivity index (χ1) is 15.2. The standard InChI is InChI=1S/C21H23F2N7O2/c1-21(2,31)19-16(32-3)7-17-26-10-15(30(17)29-19)18-13(23)6-11(8-24)20(28-18)27-14-9-25-5-4-12(14)22/h6-7,10,12,14,25,31H,4-5,9H2,1-3H3,(H,27,28)/t12-,14-/m0/s1. The van der Waals surface area contributed by atoms with Crippen LogP contribution in [0.5, 0.6) is 5.75 Å². The number of hydrogen-bond donors (Lipinski definition) is 3. The van der Waals surface area contributed by atoms with Crippen LogP contribution in [0.25, 0.3) is 17.0 Å². The van der Waals surface area contributed by atoms with Gasteiger partial charge in [-0.2, -0.15) is 10.4 Å². The number of alkyl halides is 1. The Labute approximate surface area is 183 Å². The van der Waals surface area contributed by atoms with Gasteiger partial charge in [0.25, 0.3) is 0 Å². The van der Waals surface area contributed by atoms with E-state index in [1.807, 2.05) is 6.07 Å². The molecule has 3 aromatic rings. The van der Waals surface area contributed by atoms with Crippen molar-refractivity contribution in [2.45, 2.75) is 38.1 Å². The highest BCUT2D eigenvalue weighted by molar-refractivity contribution is 5.66. The van der Waals surface area contributed by atoms with Crippen LogP contribution in [-0.4, -0.2) is 57.1 Å². The van der Waals surface area contributed by atoms with Gasteiger partial charge in [-0.25, -0.2) is 23.3 Å². The number of aromatic nitrogens is 4. The molecule has 3 aromatic heterocycles. The fourth-order valence-corrected chi connectivity index (χ4v) is 3.65. The van der Waals surface area contributed by atoms with Gasteiger partial charge in [-0.05, 0) is 32.9 Å². The number of rotatable bonds is 5. The summed E-state index contributed by atoms with van der Waals surface area (Å²) in [6.45, 7) is 4.02. The lowest BCUT2D eigenvalue weighted by molar-refractivity contribution is 0.0694. The van der Waals surface area contributed by atoms with Crippen molar-refractivity contribution in [3.05, 3.63) is 35.4 Å². The zero-order valence-electron chi connectivity index (χ0n) is 17.9. The molecule has 1 aliphatic heterocycles. The predicted octanol–water partition coefficient (Wildman–Crippen LogP) is 2.15. The van der Waals surface area contributed by atoms with Gasteiger partial charge in [-0.3, -0.25) is 0 Å². The number of nitrogens with zero attached hydrogens (tertiary/aromatic N) is 5. The van der Waals surface area contributed by atoms with Gasteiger partial charge in [-0.1, -0.05) is 0 Å². The maximum atomic E-state index is 15.0. The molecule has 1 aliphatic rings. The maximum absolute atomic E-state index is 15.0. The molecular weight excluding hydrogens is 420 g/mol. The molecule has 0 aromatic carbocycles. The first kappa shape index (κ1) is 21.9. The normalized spacial score (nSPS) is 19.0. The van der Waals surface area contributed by atoms with Crippen LogP contribution in [0, 0.1) is 17.1 Å². The Morgan fingerprint density at radius 1 is 1.41 bits per heavy atom. The van der Waals surface area contributed by atoms with Crippen LogP contribution in [0.1, 0.15) is 31.5 Å². The number of anilines is 1. The van der Waals surface area contributed by atoms with Crippen molar-refractivity contribution in [3.8, 4) is 23.2 Å². The molecule has 1 fully saturated rings. The summed E-state index contributed by atoms with van der Waals surface area (Å²) in [5.74, 6) is -0.349. The van der Waals surface area contributed by atoms with E-state index >= 15 is 0 Å². The van der Waals surface area contributed by atoms with E-state index in [9.17, 15) is 19.1 Å². The van der Waals surface area contributed by atoms with E-state index < -0.39 is 23.6 Å². The van der Waals surface area contributed by atoms with E-state index in [1.54, 1.807) is 19.9 Å². The predicted molar refractivity (Wildman–Crippen MR) is 112 cm³/mol. The number of nitrogens with one attached hydrogen (secondary N) is 2. The highest BCUT2D eigenvalue weighted by atomic mass is 19.1. The number of fused-ring (bicyclic) bond motifs is 1. The summed E-state index contributed by atoms with van der Waals surface area (Å²) >= 11 is 0. The molecule has 0 aliphatic carbocycles. The molecule has 4 heterocycles. The topological polar surface area (TPSA) is 120 Å². The Balaban J connectivity index is 1.83. The van der Waals surface area contributed by atoms with Crippen molar-refractivity contribution in [2.24, 2.45) is 0 Å². The van der Waals surface area contributed by atoms with E-state index in [4.69, 9.17) is 4.74 Å². The molecule has 1 saturated heterocycles. The van der Waals surface area contributed by atoms with Gasteiger partial charge in [-0.15, -0.1) is 0 Å². The number of ether oxygens (including phenoxy) is 1. The molecule has 0 radical (unpaired) electrons. The Hall–Kier alpha value is -3.36. The lowest BCUT2D eigenvalue weighted by Gasteiger charge is -2.28. The first-order valence-electron chi connectivity index (χ1n) is 10.1. The summed E-state index contributed by atoms with van der Waals surface area (Å²) in [6.07, 6.45) is 0.584. The van der Waals surface area contributed by atoms with Crippen molar-refractivity contribution >= 4 is 11.5 Å². The Bertz CT molecular complexity index is 1200. The highest BCUT2D eigenvalue weighted by Crippen LogP contribution is 2.31. The largest absolute Gasteiger partial charge is 0.495 e. The Morgan fingerprint density at radius 2 is 2.19 bits per heavy atom. The molecule has 0 saturated carbocycles. The smallest absolute Gasteiger partial charge is 0.157 e. The Kier molecular flexibility index (Phi) is 5.66. The minimum atomic E-state index is -1.34. The molecule has 168 valence electrons. The summed E-state index contributed by atoms with van der Waals surface area (Å²) in [7, 11) is 1.45. The second-order valence-corrected chi connectivity index (χ2v) is 8.12. The summed E-state index contributed by atoms with van der Waals surface area (Å²) in [4.78, 5) is 8.55.